The highest BCUT2D eigenvalue weighted by molar-refractivity contribution is 5.77. The predicted molar refractivity (Wildman–Crippen MR) is 398 cm³/mol. The standard InChI is InChI=1S/C80H148N2O21/c1-4-6-8-10-12-14-16-18-20-21-22-23-24-25-26-27-28-29-30-31-32-33-34-35-36-37-38-39-40-42-44-46-48-50-52-54-67(90)82-61(62(87)53-51-49-47-45-43-41-19-17-15-13-11-9-7-5-2)59-98-77-72(94)71(93)74(66(58-85)100-77)101-78-73(95)76(70(92)65(57-84)99-78)103-80(79(96)97)55-63(88)68(81-60(3)86)75(102-80)69(91)64(89)56-83/h27-28,51,53,61-66,68-78,83-85,87-89,91-95H,4-26,29-50,52,54-59H2,1-3H3,(H,81,86)(H,82,90)(H,96,97)/b28-27-,53-51+. The summed E-state index contributed by atoms with van der Waals surface area (Å²) >= 11 is 0. The highest BCUT2D eigenvalue weighted by Crippen LogP contribution is 2.39. The molecule has 23 nitrogen and oxygen atoms in total. The molecule has 14 N–H and O–H groups in total. The van der Waals surface area contributed by atoms with Crippen LogP contribution in [0.3, 0.4) is 0 Å². The Morgan fingerprint density at radius 1 is 0.505 bits per heavy atom. The number of allylic oxidation sites excluding steroid dienone is 3. The number of nitrogens with one attached hydrogen (secondary N) is 2. The molecule has 3 saturated heterocycles. The van der Waals surface area contributed by atoms with Crippen LogP contribution in [0.5, 0.6) is 0 Å². The minimum Gasteiger partial charge on any atom is -0.477 e. The van der Waals surface area contributed by atoms with E-state index in [-0.39, 0.29) is 12.3 Å². The van der Waals surface area contributed by atoms with Crippen LogP contribution in [0.2, 0.25) is 0 Å². The van der Waals surface area contributed by atoms with E-state index in [4.69, 9.17) is 28.4 Å². The Balaban J connectivity index is 1.43. The predicted octanol–water partition coefficient (Wildman–Crippen LogP) is 11.1. The summed E-state index contributed by atoms with van der Waals surface area (Å²) in [5, 5.41) is 136. The van der Waals surface area contributed by atoms with Gasteiger partial charge < -0.3 is 100 Å². The molecule has 23 heteroatoms. The normalized spacial score (nSPS) is 26.6. The molecule has 0 aromatic carbocycles. The van der Waals surface area contributed by atoms with Gasteiger partial charge in [0.2, 0.25) is 11.8 Å². The Labute approximate surface area is 619 Å². The second-order valence-electron chi connectivity index (χ2n) is 30.0. The van der Waals surface area contributed by atoms with Gasteiger partial charge in [-0.2, -0.15) is 0 Å². The van der Waals surface area contributed by atoms with Gasteiger partial charge in [-0.25, -0.2) is 4.79 Å². The zero-order chi connectivity index (χ0) is 75.3. The van der Waals surface area contributed by atoms with Crippen LogP contribution in [-0.4, -0.2) is 215 Å². The van der Waals surface area contributed by atoms with E-state index in [0.717, 1.165) is 51.9 Å². The van der Waals surface area contributed by atoms with Crippen LogP contribution < -0.4 is 10.6 Å². The fourth-order valence-electron chi connectivity index (χ4n) is 14.4. The summed E-state index contributed by atoms with van der Waals surface area (Å²) in [6, 6.07) is -2.62. The Morgan fingerprint density at radius 2 is 0.913 bits per heavy atom. The maximum atomic E-state index is 13.5. The number of carbonyl (C=O) groups is 3. The maximum absolute atomic E-state index is 13.5. The van der Waals surface area contributed by atoms with Crippen molar-refractivity contribution in [3.05, 3.63) is 24.3 Å². The molecule has 3 fully saturated rings. The van der Waals surface area contributed by atoms with E-state index in [0.29, 0.717) is 12.8 Å². The molecule has 0 aromatic heterocycles. The number of rotatable bonds is 65. The van der Waals surface area contributed by atoms with Gasteiger partial charge in [0, 0.05) is 19.8 Å². The molecule has 0 bridgehead atoms. The lowest BCUT2D eigenvalue weighted by Gasteiger charge is -2.50. The van der Waals surface area contributed by atoms with Crippen LogP contribution in [0, 0.1) is 0 Å². The Kier molecular flexibility index (Phi) is 54.2. The van der Waals surface area contributed by atoms with E-state index in [1.807, 2.05) is 6.08 Å². The summed E-state index contributed by atoms with van der Waals surface area (Å²) in [5.41, 5.74) is 0. The zero-order valence-electron chi connectivity index (χ0n) is 63.9. The smallest absolute Gasteiger partial charge is 0.364 e. The van der Waals surface area contributed by atoms with Gasteiger partial charge in [0.15, 0.2) is 12.6 Å². The molecule has 3 aliphatic heterocycles. The first-order chi connectivity index (χ1) is 49.9. The first-order valence-corrected chi connectivity index (χ1v) is 41.2. The number of ether oxygens (including phenoxy) is 6. The van der Waals surface area contributed by atoms with E-state index < -0.39 is 155 Å². The highest BCUT2D eigenvalue weighted by Gasteiger charge is 2.60. The molecule has 3 rings (SSSR count). The van der Waals surface area contributed by atoms with Gasteiger partial charge >= 0.3 is 5.97 Å². The van der Waals surface area contributed by atoms with E-state index in [2.05, 4.69) is 36.6 Å². The number of carboxylic acids is 1. The van der Waals surface area contributed by atoms with Crippen molar-refractivity contribution in [3.63, 3.8) is 0 Å². The van der Waals surface area contributed by atoms with Gasteiger partial charge in [-0.3, -0.25) is 9.59 Å². The van der Waals surface area contributed by atoms with Gasteiger partial charge in [-0.15, -0.1) is 0 Å². The first-order valence-electron chi connectivity index (χ1n) is 41.2. The van der Waals surface area contributed by atoms with E-state index in [1.165, 1.54) is 238 Å². The number of unbranched alkanes of at least 4 members (excludes halogenated alkanes) is 43. The number of aliphatic hydroxyl groups excluding tert-OH is 11. The summed E-state index contributed by atoms with van der Waals surface area (Å²) in [4.78, 5) is 38.6. The van der Waals surface area contributed by atoms with Crippen molar-refractivity contribution in [2.45, 2.75) is 439 Å². The van der Waals surface area contributed by atoms with Crippen LogP contribution in [0.25, 0.3) is 0 Å². The SMILES string of the molecule is CCCCCCCCCCCCCC/C=C/C(O)C(COC1OC(CO)C(OC2OC(CO)C(O)C(OC3(C(=O)O)CC(O)C(NC(C)=O)C(C(O)C(O)CO)O3)C2O)C(O)C1O)NC(=O)CCCCCCCCCCCCCCCCCCC/C=C\CCCCCCCCCCCCCCCC. The minimum atomic E-state index is -3.08. The molecule has 3 heterocycles. The van der Waals surface area contributed by atoms with Crippen molar-refractivity contribution >= 4 is 17.8 Å². The summed E-state index contributed by atoms with van der Waals surface area (Å²) < 4.78 is 34.9. The molecule has 604 valence electrons. The molecule has 18 atom stereocenters. The van der Waals surface area contributed by atoms with E-state index in [1.54, 1.807) is 6.08 Å². The van der Waals surface area contributed by atoms with Gasteiger partial charge in [-0.05, 0) is 44.9 Å². The molecule has 3 aliphatic rings. The van der Waals surface area contributed by atoms with Gasteiger partial charge in [0.1, 0.15) is 67.1 Å². The Morgan fingerprint density at radius 3 is 1.32 bits per heavy atom. The first kappa shape index (κ1) is 94.4. The minimum absolute atomic E-state index is 0.203. The van der Waals surface area contributed by atoms with E-state index >= 15 is 0 Å². The Hall–Kier alpha value is -2.79. The lowest BCUT2D eigenvalue weighted by atomic mass is 9.88. The number of hydrogen-bond acceptors (Lipinski definition) is 20. The number of carboxylic acid groups (broad SMARTS) is 1. The number of amides is 2. The highest BCUT2D eigenvalue weighted by atomic mass is 16.8. The average Bonchev–Trinajstić information content (AvgIpc) is 0.755. The topological polar surface area (TPSA) is 373 Å². The number of hydrogen-bond donors (Lipinski definition) is 14. The van der Waals surface area contributed by atoms with Crippen LogP contribution in [0.1, 0.15) is 329 Å². The van der Waals surface area contributed by atoms with E-state index in [9.17, 15) is 75.7 Å². The van der Waals surface area contributed by atoms with Crippen molar-refractivity contribution in [1.29, 1.82) is 0 Å². The molecule has 18 unspecified atom stereocenters. The fourth-order valence-corrected chi connectivity index (χ4v) is 14.4. The lowest BCUT2D eigenvalue weighted by Crippen LogP contribution is -2.70. The molecular formula is C80H148N2O21. The second-order valence-corrected chi connectivity index (χ2v) is 30.0. The third-order valence-corrected chi connectivity index (χ3v) is 20.9. The molecule has 0 spiro atoms. The molecule has 2 amide bonds. The van der Waals surface area contributed by atoms with Crippen molar-refractivity contribution in [1.82, 2.24) is 10.6 Å². The van der Waals surface area contributed by atoms with Gasteiger partial charge in [-0.1, -0.05) is 289 Å². The van der Waals surface area contributed by atoms with Crippen LogP contribution >= 0.6 is 0 Å². The average molecular weight is 1470 g/mol. The Bertz CT molecular complexity index is 2150. The summed E-state index contributed by atoms with van der Waals surface area (Å²) in [6.45, 7) is 2.17. The largest absolute Gasteiger partial charge is 0.477 e. The number of aliphatic hydroxyl groups is 11. The third-order valence-electron chi connectivity index (χ3n) is 20.9. The monoisotopic (exact) mass is 1470 g/mol. The lowest BCUT2D eigenvalue weighted by molar-refractivity contribution is -0.386. The maximum Gasteiger partial charge on any atom is 0.364 e. The summed E-state index contributed by atoms with van der Waals surface area (Å²) in [5.74, 6) is -6.14. The summed E-state index contributed by atoms with van der Waals surface area (Å²) in [7, 11) is 0. The molecule has 0 radical (unpaired) electrons. The fraction of sp³-hybridized carbons (Fsp3) is 0.912. The van der Waals surface area contributed by atoms with Crippen LogP contribution in [0.4, 0.5) is 0 Å². The van der Waals surface area contributed by atoms with Gasteiger partial charge in [0.25, 0.3) is 5.79 Å². The van der Waals surface area contributed by atoms with Crippen molar-refractivity contribution in [3.8, 4) is 0 Å². The second kappa shape index (κ2) is 59.1. The zero-order valence-corrected chi connectivity index (χ0v) is 63.9. The van der Waals surface area contributed by atoms with Crippen molar-refractivity contribution in [2.24, 2.45) is 0 Å². The third kappa shape index (κ3) is 39.4. The molecule has 0 aliphatic carbocycles. The molecule has 0 aromatic rings. The van der Waals surface area contributed by atoms with Crippen LogP contribution in [-0.2, 0) is 42.8 Å². The number of aliphatic carboxylic acids is 1. The van der Waals surface area contributed by atoms with Crippen molar-refractivity contribution in [2.75, 3.05) is 26.4 Å². The number of carbonyl (C=O) groups excluding carboxylic acids is 2. The van der Waals surface area contributed by atoms with Crippen molar-refractivity contribution < 1.29 is 104 Å². The summed E-state index contributed by atoms with van der Waals surface area (Å²) in [6.07, 6.45) is 36.8. The molecular weight excluding hydrogens is 1320 g/mol. The molecule has 103 heavy (non-hydrogen) atoms. The quantitative estimate of drug-likeness (QED) is 0.0199. The van der Waals surface area contributed by atoms with Gasteiger partial charge in [0.05, 0.1) is 50.7 Å². The molecule has 0 saturated carbocycles. The van der Waals surface area contributed by atoms with Crippen LogP contribution in [0.15, 0.2) is 24.3 Å².